The van der Waals surface area contributed by atoms with Gasteiger partial charge in [-0.05, 0) is 0 Å². The second kappa shape index (κ2) is 8.63. The molecule has 0 aromatic rings. The summed E-state index contributed by atoms with van der Waals surface area (Å²) < 4.78 is 1.23. The zero-order chi connectivity index (χ0) is 13.7. The first kappa shape index (κ1) is 21.7. The summed E-state index contributed by atoms with van der Waals surface area (Å²) in [5.41, 5.74) is 0. The van der Waals surface area contributed by atoms with Gasteiger partial charge in [0.1, 0.15) is 0 Å². The molecule has 0 fully saturated rings. The van der Waals surface area contributed by atoms with Gasteiger partial charge in [0.2, 0.25) is 0 Å². The minimum absolute atomic E-state index is 0. The van der Waals surface area contributed by atoms with E-state index >= 15 is 0 Å². The molecule has 0 atom stereocenters. The van der Waals surface area contributed by atoms with Gasteiger partial charge in [0, 0.05) is 0 Å². The van der Waals surface area contributed by atoms with Gasteiger partial charge in [0.05, 0.1) is 0 Å². The molecular formula is C16H36MgZn. The second-order valence-corrected chi connectivity index (χ2v) is 27.4. The molecule has 0 unspecified atom stereocenters. The summed E-state index contributed by atoms with van der Waals surface area (Å²) in [6, 6.07) is 0. The molecule has 0 aromatic carbocycles. The molecular weight excluding hydrogens is 282 g/mol. The SMILES string of the molecule is CCC[CH2][Zn-2]([CH2]CCC)([C](C)(C)C)[C](C)(C)C.[Mg+2]. The van der Waals surface area contributed by atoms with Crippen molar-refractivity contribution in [2.24, 2.45) is 0 Å². The molecule has 18 heavy (non-hydrogen) atoms. The first-order valence-electron chi connectivity index (χ1n) is 8.12. The fourth-order valence-electron chi connectivity index (χ4n) is 5.24. The third kappa shape index (κ3) is 5.41. The maximum atomic E-state index is 2.55. The average molecular weight is 318 g/mol. The zero-order valence-electron chi connectivity index (χ0n) is 14.7. The van der Waals surface area contributed by atoms with Crippen LogP contribution in [0.4, 0.5) is 0 Å². The Labute approximate surface area is 136 Å². The van der Waals surface area contributed by atoms with Crippen LogP contribution in [0.1, 0.15) is 81.1 Å². The zero-order valence-corrected chi connectivity index (χ0v) is 19.0. The van der Waals surface area contributed by atoms with Crippen molar-refractivity contribution in [2.45, 2.75) is 99.1 Å². The molecule has 0 nitrogen and oxygen atoms in total. The molecule has 0 saturated carbocycles. The van der Waals surface area contributed by atoms with E-state index in [0.717, 1.165) is 0 Å². The van der Waals surface area contributed by atoms with Crippen molar-refractivity contribution in [1.29, 1.82) is 0 Å². The summed E-state index contributed by atoms with van der Waals surface area (Å²) in [5, 5.41) is 3.21. The normalized spacial score (nSPS) is 13.3. The van der Waals surface area contributed by atoms with Crippen molar-refractivity contribution in [2.75, 3.05) is 0 Å². The van der Waals surface area contributed by atoms with Crippen LogP contribution < -0.4 is 0 Å². The Hall–Kier alpha value is 1.39. The molecule has 0 aliphatic heterocycles. The van der Waals surface area contributed by atoms with E-state index < -0.39 is 14.8 Å². The Morgan fingerprint density at radius 2 is 0.944 bits per heavy atom. The summed E-state index contributed by atoms with van der Waals surface area (Å²) >= 11 is -2.23. The van der Waals surface area contributed by atoms with Gasteiger partial charge in [-0.2, -0.15) is 0 Å². The van der Waals surface area contributed by atoms with Crippen LogP contribution in [-0.4, -0.2) is 23.1 Å². The molecule has 0 aliphatic carbocycles. The Kier molecular flexibility index (Phi) is 10.4. The fraction of sp³-hybridized carbons (Fsp3) is 1.00. The molecule has 2 heteroatoms. The Morgan fingerprint density at radius 1 is 0.667 bits per heavy atom. The predicted molar refractivity (Wildman–Crippen MR) is 84.6 cm³/mol. The monoisotopic (exact) mass is 316 g/mol. The van der Waals surface area contributed by atoms with Crippen molar-refractivity contribution < 1.29 is 14.8 Å². The van der Waals surface area contributed by atoms with E-state index in [1.807, 2.05) is 0 Å². The maximum Gasteiger partial charge on any atom is 2.00 e. The van der Waals surface area contributed by atoms with E-state index in [1.165, 1.54) is 25.7 Å². The van der Waals surface area contributed by atoms with Crippen LogP contribution in [0.25, 0.3) is 0 Å². The van der Waals surface area contributed by atoms with Gasteiger partial charge in [-0.3, -0.25) is 0 Å². The first-order valence-corrected chi connectivity index (χ1v) is 15.3. The van der Waals surface area contributed by atoms with E-state index in [9.17, 15) is 0 Å². The molecule has 0 bridgehead atoms. The topological polar surface area (TPSA) is 0 Å². The van der Waals surface area contributed by atoms with E-state index in [2.05, 4.69) is 55.4 Å². The van der Waals surface area contributed by atoms with Gasteiger partial charge in [0.25, 0.3) is 0 Å². The van der Waals surface area contributed by atoms with Crippen molar-refractivity contribution in [1.82, 2.24) is 0 Å². The number of hydrogen-bond donors (Lipinski definition) is 0. The van der Waals surface area contributed by atoms with Crippen LogP contribution in [-0.2, 0) is 14.8 Å². The number of unbranched alkanes of at least 4 members (excludes halogenated alkanes) is 2. The summed E-state index contributed by atoms with van der Waals surface area (Å²) in [5.74, 6) is 0. The van der Waals surface area contributed by atoms with E-state index in [1.54, 1.807) is 10.0 Å². The largest absolute Gasteiger partial charge is 2.00 e. The van der Waals surface area contributed by atoms with Crippen LogP contribution in [0.5, 0.6) is 0 Å². The fourth-order valence-corrected chi connectivity index (χ4v) is 27.2. The Balaban J connectivity index is 0. The van der Waals surface area contributed by atoms with Crippen LogP contribution in [0.2, 0.25) is 18.0 Å². The number of hydrogen-bond acceptors (Lipinski definition) is 0. The third-order valence-corrected chi connectivity index (χ3v) is 30.7. The Bertz CT molecular complexity index is 186. The first-order chi connectivity index (χ1) is 7.62. The summed E-state index contributed by atoms with van der Waals surface area (Å²) in [6.45, 7) is 20.0. The molecule has 0 aliphatic rings. The molecule has 0 N–H and O–H groups in total. The van der Waals surface area contributed by atoms with Crippen molar-refractivity contribution >= 4 is 23.1 Å². The minimum Gasteiger partial charge on any atom is 2.00 e. The van der Waals surface area contributed by atoms with Gasteiger partial charge in [-0.1, -0.05) is 0 Å². The molecule has 0 aromatic heterocycles. The van der Waals surface area contributed by atoms with Crippen molar-refractivity contribution in [3.8, 4) is 0 Å². The smallest absolute Gasteiger partial charge is 2.00 e. The van der Waals surface area contributed by atoms with Crippen LogP contribution in [0.15, 0.2) is 0 Å². The van der Waals surface area contributed by atoms with Crippen molar-refractivity contribution in [3.05, 3.63) is 0 Å². The van der Waals surface area contributed by atoms with Gasteiger partial charge in [0.15, 0.2) is 0 Å². The molecule has 0 heterocycles. The van der Waals surface area contributed by atoms with E-state index in [-0.39, 0.29) is 23.1 Å². The second-order valence-electron chi connectivity index (χ2n) is 9.07. The summed E-state index contributed by atoms with van der Waals surface area (Å²) in [6.07, 6.45) is 5.69. The van der Waals surface area contributed by atoms with Gasteiger partial charge in [-0.15, -0.1) is 0 Å². The van der Waals surface area contributed by atoms with Crippen LogP contribution in [0, 0.1) is 0 Å². The van der Waals surface area contributed by atoms with Crippen LogP contribution >= 0.6 is 0 Å². The molecule has 0 spiro atoms. The maximum absolute atomic E-state index is 2.55. The molecule has 0 saturated heterocycles. The summed E-state index contributed by atoms with van der Waals surface area (Å²) in [7, 11) is 0. The Morgan fingerprint density at radius 3 is 1.11 bits per heavy atom. The van der Waals surface area contributed by atoms with Crippen LogP contribution in [0.3, 0.4) is 0 Å². The third-order valence-electron chi connectivity index (χ3n) is 6.47. The number of rotatable bonds is 6. The molecule has 104 valence electrons. The molecule has 0 rings (SSSR count). The average Bonchev–Trinajstić information content (AvgIpc) is 2.14. The summed E-state index contributed by atoms with van der Waals surface area (Å²) in [4.78, 5) is 0. The molecule has 0 amide bonds. The van der Waals surface area contributed by atoms with Gasteiger partial charge < -0.3 is 0 Å². The predicted octanol–water partition coefficient (Wildman–Crippen LogP) is 6.63. The van der Waals surface area contributed by atoms with E-state index in [4.69, 9.17) is 0 Å². The quantitative estimate of drug-likeness (QED) is 0.482. The minimum atomic E-state index is -2.23. The van der Waals surface area contributed by atoms with E-state index in [0.29, 0.717) is 8.02 Å². The van der Waals surface area contributed by atoms with Gasteiger partial charge in [-0.25, -0.2) is 0 Å². The van der Waals surface area contributed by atoms with Gasteiger partial charge >= 0.3 is 137 Å². The standard InChI is InChI=1S/4C4H9.Mg.Zn/c2*1-4(2)3;2*1-3-4-2;;/h2*1-3H3;2*1,3-4H2,2H3;;/q;;;;+2;-2. The molecule has 0 radical (unpaired) electrons. The van der Waals surface area contributed by atoms with Crippen molar-refractivity contribution in [3.63, 3.8) is 0 Å².